The first-order valence-electron chi connectivity index (χ1n) is 9.04. The number of benzene rings is 1. The first-order chi connectivity index (χ1) is 13.1. The Bertz CT molecular complexity index is 691. The van der Waals surface area contributed by atoms with Crippen LogP contribution in [-0.4, -0.2) is 42.1 Å². The topological polar surface area (TPSA) is 126 Å². The zero-order valence-electron chi connectivity index (χ0n) is 16.7. The van der Waals surface area contributed by atoms with Gasteiger partial charge in [0.2, 0.25) is 0 Å². The van der Waals surface area contributed by atoms with Crippen molar-refractivity contribution in [3.05, 3.63) is 30.3 Å². The summed E-state index contributed by atoms with van der Waals surface area (Å²) in [4.78, 5) is 48.1. The van der Waals surface area contributed by atoms with Gasteiger partial charge in [-0.25, -0.2) is 14.4 Å². The highest BCUT2D eigenvalue weighted by molar-refractivity contribution is 5.98. The fourth-order valence-corrected chi connectivity index (χ4v) is 2.14. The lowest BCUT2D eigenvalue weighted by Gasteiger charge is -2.23. The number of ether oxygens (including phenoxy) is 1. The van der Waals surface area contributed by atoms with Crippen LogP contribution < -0.4 is 21.3 Å². The van der Waals surface area contributed by atoms with Gasteiger partial charge in [0.15, 0.2) is 6.10 Å². The molecule has 0 heterocycles. The Morgan fingerprint density at radius 3 is 2.00 bits per heavy atom. The van der Waals surface area contributed by atoms with Crippen molar-refractivity contribution in [3.63, 3.8) is 0 Å². The van der Waals surface area contributed by atoms with E-state index in [0.717, 1.165) is 0 Å². The SMILES string of the molecule is CC(C)NC(=O)NC(=O)[C@@H](C)OC(=O)[C@H](NC(=O)Nc1ccccc1)C(C)C. The minimum atomic E-state index is -1.20. The number of hydrogen-bond acceptors (Lipinski definition) is 5. The lowest BCUT2D eigenvalue weighted by atomic mass is 10.0. The lowest BCUT2D eigenvalue weighted by molar-refractivity contribution is -0.157. The number of carbonyl (C=O) groups is 4. The van der Waals surface area contributed by atoms with E-state index in [4.69, 9.17) is 4.74 Å². The molecule has 9 nitrogen and oxygen atoms in total. The summed E-state index contributed by atoms with van der Waals surface area (Å²) in [5, 5.41) is 9.74. The third-order valence-electron chi connectivity index (χ3n) is 3.56. The highest BCUT2D eigenvalue weighted by Gasteiger charge is 2.29. The van der Waals surface area contributed by atoms with Crippen LogP contribution in [-0.2, 0) is 14.3 Å². The van der Waals surface area contributed by atoms with Crippen LogP contribution in [0.25, 0.3) is 0 Å². The summed E-state index contributed by atoms with van der Waals surface area (Å²) in [5.74, 6) is -1.82. The van der Waals surface area contributed by atoms with Crippen molar-refractivity contribution in [2.75, 3.05) is 5.32 Å². The number of imide groups is 1. The molecule has 0 aliphatic heterocycles. The third kappa shape index (κ3) is 8.07. The Labute approximate surface area is 164 Å². The van der Waals surface area contributed by atoms with Crippen LogP contribution in [0.2, 0.25) is 0 Å². The molecule has 0 aliphatic carbocycles. The number of nitrogens with one attached hydrogen (secondary N) is 4. The number of para-hydroxylation sites is 1. The Hall–Kier alpha value is -3.10. The van der Waals surface area contributed by atoms with Gasteiger partial charge < -0.3 is 20.7 Å². The first kappa shape index (κ1) is 22.9. The minimum Gasteiger partial charge on any atom is -0.451 e. The second kappa shape index (κ2) is 10.9. The van der Waals surface area contributed by atoms with Crippen LogP contribution in [0.4, 0.5) is 15.3 Å². The molecule has 0 saturated heterocycles. The van der Waals surface area contributed by atoms with E-state index in [-0.39, 0.29) is 12.0 Å². The zero-order valence-corrected chi connectivity index (χ0v) is 16.7. The molecule has 154 valence electrons. The average molecular weight is 392 g/mol. The van der Waals surface area contributed by atoms with E-state index in [0.29, 0.717) is 5.69 Å². The Kier molecular flexibility index (Phi) is 8.94. The van der Waals surface area contributed by atoms with Crippen LogP contribution in [0.15, 0.2) is 30.3 Å². The van der Waals surface area contributed by atoms with Crippen molar-refractivity contribution in [2.24, 2.45) is 5.92 Å². The molecule has 0 spiro atoms. The average Bonchev–Trinajstić information content (AvgIpc) is 2.59. The quantitative estimate of drug-likeness (QED) is 0.528. The van der Waals surface area contributed by atoms with Crippen molar-refractivity contribution in [1.29, 1.82) is 0 Å². The molecule has 0 fully saturated rings. The summed E-state index contributed by atoms with van der Waals surface area (Å²) < 4.78 is 5.12. The molecule has 9 heteroatoms. The van der Waals surface area contributed by atoms with Crippen LogP contribution in [0.3, 0.4) is 0 Å². The van der Waals surface area contributed by atoms with Crippen molar-refractivity contribution in [2.45, 2.75) is 52.8 Å². The summed E-state index contributed by atoms with van der Waals surface area (Å²) in [6, 6.07) is 6.38. The Morgan fingerprint density at radius 2 is 1.46 bits per heavy atom. The molecule has 2 atom stereocenters. The van der Waals surface area contributed by atoms with E-state index >= 15 is 0 Å². The van der Waals surface area contributed by atoms with Gasteiger partial charge >= 0.3 is 18.0 Å². The lowest BCUT2D eigenvalue weighted by Crippen LogP contribution is -2.50. The summed E-state index contributed by atoms with van der Waals surface area (Å²) in [6.45, 7) is 8.29. The zero-order chi connectivity index (χ0) is 21.3. The molecule has 0 unspecified atom stereocenters. The normalized spacial score (nSPS) is 12.7. The molecule has 1 aromatic carbocycles. The molecule has 4 N–H and O–H groups in total. The summed E-state index contributed by atoms with van der Waals surface area (Å²) in [5.41, 5.74) is 0.569. The maximum absolute atomic E-state index is 12.4. The van der Waals surface area contributed by atoms with E-state index in [9.17, 15) is 19.2 Å². The standard InChI is InChI=1S/C19H28N4O5/c1-11(2)15(22-19(27)21-14-9-7-6-8-10-14)17(25)28-13(5)16(24)23-18(26)20-12(3)4/h6-13,15H,1-5H3,(H2,21,22,27)(H2,20,23,24,26)/t13-,15-/m1/s1. The van der Waals surface area contributed by atoms with Crippen molar-refractivity contribution >= 4 is 29.6 Å². The summed E-state index contributed by atoms with van der Waals surface area (Å²) in [6.07, 6.45) is -1.20. The van der Waals surface area contributed by atoms with Crippen LogP contribution >= 0.6 is 0 Å². The van der Waals surface area contributed by atoms with Gasteiger partial charge in [-0.2, -0.15) is 0 Å². The largest absolute Gasteiger partial charge is 0.451 e. The predicted octanol–water partition coefficient (Wildman–Crippen LogP) is 2.00. The number of carbonyl (C=O) groups excluding carboxylic acids is 4. The second-order valence-electron chi connectivity index (χ2n) is 6.88. The van der Waals surface area contributed by atoms with Gasteiger partial charge in [0.25, 0.3) is 5.91 Å². The van der Waals surface area contributed by atoms with Crippen molar-refractivity contribution < 1.29 is 23.9 Å². The first-order valence-corrected chi connectivity index (χ1v) is 9.04. The third-order valence-corrected chi connectivity index (χ3v) is 3.56. The molecule has 1 aromatic rings. The molecular formula is C19H28N4O5. The number of amides is 5. The monoisotopic (exact) mass is 392 g/mol. The fourth-order valence-electron chi connectivity index (χ4n) is 2.14. The number of rotatable bonds is 7. The van der Waals surface area contributed by atoms with Gasteiger partial charge in [-0.1, -0.05) is 32.0 Å². The highest BCUT2D eigenvalue weighted by atomic mass is 16.5. The minimum absolute atomic E-state index is 0.150. The van der Waals surface area contributed by atoms with Gasteiger partial charge in [-0.15, -0.1) is 0 Å². The van der Waals surface area contributed by atoms with E-state index in [1.54, 1.807) is 52.0 Å². The number of esters is 1. The van der Waals surface area contributed by atoms with Gasteiger partial charge in [0.1, 0.15) is 6.04 Å². The van der Waals surface area contributed by atoms with Gasteiger partial charge in [0, 0.05) is 11.7 Å². The highest BCUT2D eigenvalue weighted by Crippen LogP contribution is 2.08. The molecule has 5 amide bonds. The number of hydrogen-bond donors (Lipinski definition) is 4. The molecule has 0 saturated carbocycles. The van der Waals surface area contributed by atoms with Crippen LogP contribution in [0, 0.1) is 5.92 Å². The molecule has 1 rings (SSSR count). The summed E-state index contributed by atoms with van der Waals surface area (Å²) >= 11 is 0. The molecule has 0 aromatic heterocycles. The predicted molar refractivity (Wildman–Crippen MR) is 105 cm³/mol. The summed E-state index contributed by atoms with van der Waals surface area (Å²) in [7, 11) is 0. The Morgan fingerprint density at radius 1 is 0.857 bits per heavy atom. The van der Waals surface area contributed by atoms with E-state index in [1.165, 1.54) is 6.92 Å². The maximum atomic E-state index is 12.4. The van der Waals surface area contributed by atoms with Crippen LogP contribution in [0.1, 0.15) is 34.6 Å². The maximum Gasteiger partial charge on any atom is 0.329 e. The van der Waals surface area contributed by atoms with Crippen LogP contribution in [0.5, 0.6) is 0 Å². The van der Waals surface area contributed by atoms with E-state index in [2.05, 4.69) is 21.3 Å². The molecule has 28 heavy (non-hydrogen) atoms. The molecule has 0 bridgehead atoms. The molecule has 0 aliphatic rings. The van der Waals surface area contributed by atoms with Gasteiger partial charge in [-0.3, -0.25) is 10.1 Å². The van der Waals surface area contributed by atoms with Crippen molar-refractivity contribution in [3.8, 4) is 0 Å². The number of urea groups is 2. The van der Waals surface area contributed by atoms with Gasteiger partial charge in [-0.05, 0) is 38.8 Å². The smallest absolute Gasteiger partial charge is 0.329 e. The molecular weight excluding hydrogens is 364 g/mol. The van der Waals surface area contributed by atoms with Crippen molar-refractivity contribution in [1.82, 2.24) is 16.0 Å². The second-order valence-corrected chi connectivity index (χ2v) is 6.88. The van der Waals surface area contributed by atoms with Gasteiger partial charge in [0.05, 0.1) is 0 Å². The van der Waals surface area contributed by atoms with E-state index < -0.39 is 36.1 Å². The molecule has 0 radical (unpaired) electrons. The number of anilines is 1. The van der Waals surface area contributed by atoms with E-state index in [1.807, 2.05) is 6.07 Å². The fraction of sp³-hybridized carbons (Fsp3) is 0.474. The Balaban J connectivity index is 2.62.